The van der Waals surface area contributed by atoms with Crippen molar-refractivity contribution in [2.75, 3.05) is 0 Å². The summed E-state index contributed by atoms with van der Waals surface area (Å²) in [7, 11) is -1.47. The Bertz CT molecular complexity index is 975. The molecule has 22 heavy (non-hydrogen) atoms. The van der Waals surface area contributed by atoms with Crippen LogP contribution in [0.3, 0.4) is 0 Å². The maximum atomic E-state index is 9.64. The van der Waals surface area contributed by atoms with Crippen molar-refractivity contribution in [3.63, 3.8) is 0 Å². The van der Waals surface area contributed by atoms with Gasteiger partial charge in [-0.1, -0.05) is 60.7 Å². The Hall–Kier alpha value is -2.14. The van der Waals surface area contributed by atoms with Crippen LogP contribution in [-0.2, 0) is 0 Å². The third-order valence-corrected chi connectivity index (χ3v) is 5.15. The minimum absolute atomic E-state index is 0.535. The van der Waals surface area contributed by atoms with E-state index in [0.717, 1.165) is 11.1 Å². The molecule has 2 nitrogen and oxygen atoms in total. The molecule has 0 amide bonds. The van der Waals surface area contributed by atoms with E-state index in [0.29, 0.717) is 5.46 Å². The molecule has 0 aliphatic carbocycles. The molecule has 4 aromatic rings. The summed E-state index contributed by atoms with van der Waals surface area (Å²) < 4.78 is 2.42. The molecular weight excluding hydrogens is 291 g/mol. The van der Waals surface area contributed by atoms with Crippen molar-refractivity contribution in [1.29, 1.82) is 0 Å². The van der Waals surface area contributed by atoms with Gasteiger partial charge in [-0.2, -0.15) is 0 Å². The zero-order valence-corrected chi connectivity index (χ0v) is 12.5. The van der Waals surface area contributed by atoms with E-state index in [2.05, 4.69) is 18.2 Å². The molecule has 0 atom stereocenters. The van der Waals surface area contributed by atoms with Gasteiger partial charge >= 0.3 is 7.12 Å². The van der Waals surface area contributed by atoms with Crippen LogP contribution in [0.1, 0.15) is 0 Å². The van der Waals surface area contributed by atoms with Crippen LogP contribution in [0.5, 0.6) is 0 Å². The fraction of sp³-hybridized carbons (Fsp3) is 0. The zero-order valence-electron chi connectivity index (χ0n) is 11.7. The van der Waals surface area contributed by atoms with Gasteiger partial charge in [0.15, 0.2) is 0 Å². The number of hydrogen-bond donors (Lipinski definition) is 2. The van der Waals surface area contributed by atoms with Crippen molar-refractivity contribution in [3.8, 4) is 11.1 Å². The summed E-state index contributed by atoms with van der Waals surface area (Å²) in [5.41, 5.74) is 2.45. The summed E-state index contributed by atoms with van der Waals surface area (Å²) in [4.78, 5) is 0. The molecule has 0 unspecified atom stereocenters. The van der Waals surface area contributed by atoms with Gasteiger partial charge in [-0.15, -0.1) is 11.3 Å². The molecule has 0 aliphatic heterocycles. The monoisotopic (exact) mass is 304 g/mol. The van der Waals surface area contributed by atoms with Crippen LogP contribution in [0.25, 0.3) is 31.3 Å². The first-order valence-corrected chi connectivity index (χ1v) is 7.93. The van der Waals surface area contributed by atoms with E-state index in [1.165, 1.54) is 20.2 Å². The van der Waals surface area contributed by atoms with Gasteiger partial charge in [-0.3, -0.25) is 0 Å². The largest absolute Gasteiger partial charge is 0.489 e. The first-order valence-electron chi connectivity index (χ1n) is 7.11. The molecular formula is C18H13BO2S. The number of hydrogen-bond acceptors (Lipinski definition) is 3. The van der Waals surface area contributed by atoms with Crippen molar-refractivity contribution < 1.29 is 10.0 Å². The summed E-state index contributed by atoms with van der Waals surface area (Å²) >= 11 is 1.74. The van der Waals surface area contributed by atoms with Crippen LogP contribution in [0.15, 0.2) is 66.7 Å². The summed E-state index contributed by atoms with van der Waals surface area (Å²) in [6.07, 6.45) is 0. The van der Waals surface area contributed by atoms with Crippen molar-refractivity contribution in [2.45, 2.75) is 0 Å². The van der Waals surface area contributed by atoms with Gasteiger partial charge < -0.3 is 10.0 Å². The van der Waals surface area contributed by atoms with E-state index >= 15 is 0 Å². The first-order chi connectivity index (χ1) is 10.8. The lowest BCUT2D eigenvalue weighted by Gasteiger charge is -2.09. The van der Waals surface area contributed by atoms with Crippen LogP contribution in [0.4, 0.5) is 0 Å². The number of fused-ring (bicyclic) bond motifs is 3. The molecule has 4 rings (SSSR count). The lowest BCUT2D eigenvalue weighted by atomic mass is 9.75. The quantitative estimate of drug-likeness (QED) is 0.557. The minimum Gasteiger partial charge on any atom is -0.423 e. The van der Waals surface area contributed by atoms with Gasteiger partial charge in [0.25, 0.3) is 0 Å². The Morgan fingerprint density at radius 3 is 2.23 bits per heavy atom. The minimum atomic E-state index is -1.47. The zero-order chi connectivity index (χ0) is 15.1. The molecule has 0 spiro atoms. The summed E-state index contributed by atoms with van der Waals surface area (Å²) in [6.45, 7) is 0. The number of benzene rings is 3. The Labute approximate surface area is 132 Å². The van der Waals surface area contributed by atoms with Gasteiger partial charge in [-0.05, 0) is 22.7 Å². The predicted molar refractivity (Wildman–Crippen MR) is 94.6 cm³/mol. The molecule has 3 aromatic carbocycles. The molecule has 0 aliphatic rings. The van der Waals surface area contributed by atoms with Crippen LogP contribution < -0.4 is 5.46 Å². The highest BCUT2D eigenvalue weighted by atomic mass is 32.1. The van der Waals surface area contributed by atoms with E-state index < -0.39 is 7.12 Å². The smallest absolute Gasteiger partial charge is 0.423 e. The predicted octanol–water partition coefficient (Wildman–Crippen LogP) is 3.40. The molecule has 0 saturated heterocycles. The topological polar surface area (TPSA) is 40.5 Å². The average molecular weight is 304 g/mol. The van der Waals surface area contributed by atoms with Crippen molar-refractivity contribution >= 4 is 44.1 Å². The van der Waals surface area contributed by atoms with Crippen LogP contribution in [0.2, 0.25) is 0 Å². The first kappa shape index (κ1) is 13.5. The average Bonchev–Trinajstić information content (AvgIpc) is 2.93. The number of thiophene rings is 1. The Morgan fingerprint density at radius 2 is 1.36 bits per heavy atom. The second-order valence-electron chi connectivity index (χ2n) is 5.24. The van der Waals surface area contributed by atoms with E-state index in [1.54, 1.807) is 17.4 Å². The standard InChI is InChI=1S/C18H13BO2S/c20-19(21)16-10-3-1-6-12(16)14-8-5-9-15-13-7-2-4-11-17(13)22-18(14)15/h1-11,20-21H. The highest BCUT2D eigenvalue weighted by molar-refractivity contribution is 7.26. The number of rotatable bonds is 2. The highest BCUT2D eigenvalue weighted by Gasteiger charge is 2.18. The van der Waals surface area contributed by atoms with Gasteiger partial charge in [-0.25, -0.2) is 0 Å². The fourth-order valence-corrected chi connectivity index (χ4v) is 4.16. The summed E-state index contributed by atoms with van der Waals surface area (Å²) in [5, 5.41) is 21.7. The second-order valence-corrected chi connectivity index (χ2v) is 6.29. The van der Waals surface area contributed by atoms with Gasteiger partial charge in [0.05, 0.1) is 0 Å². The van der Waals surface area contributed by atoms with Crippen LogP contribution in [0, 0.1) is 0 Å². The van der Waals surface area contributed by atoms with Crippen molar-refractivity contribution in [2.24, 2.45) is 0 Å². The summed E-state index contributed by atoms with van der Waals surface area (Å²) in [6, 6.07) is 22.0. The molecule has 1 aromatic heterocycles. The lowest BCUT2D eigenvalue weighted by Crippen LogP contribution is -2.31. The molecule has 0 fully saturated rings. The molecule has 106 valence electrons. The Balaban J connectivity index is 2.08. The van der Waals surface area contributed by atoms with Gasteiger partial charge in [0.2, 0.25) is 0 Å². The molecule has 1 heterocycles. The van der Waals surface area contributed by atoms with E-state index in [1.807, 2.05) is 42.5 Å². The molecule has 4 heteroatoms. The molecule has 0 bridgehead atoms. The normalized spacial score (nSPS) is 11.2. The third kappa shape index (κ3) is 2.04. The van der Waals surface area contributed by atoms with Gasteiger partial charge in [0, 0.05) is 20.2 Å². The second kappa shape index (κ2) is 5.25. The van der Waals surface area contributed by atoms with E-state index in [4.69, 9.17) is 0 Å². The van der Waals surface area contributed by atoms with E-state index in [-0.39, 0.29) is 0 Å². The molecule has 0 radical (unpaired) electrons. The highest BCUT2D eigenvalue weighted by Crippen LogP contribution is 2.39. The van der Waals surface area contributed by atoms with Crippen LogP contribution in [-0.4, -0.2) is 17.2 Å². The van der Waals surface area contributed by atoms with Crippen molar-refractivity contribution in [1.82, 2.24) is 0 Å². The Kier molecular flexibility index (Phi) is 3.23. The lowest BCUT2D eigenvalue weighted by molar-refractivity contribution is 0.426. The van der Waals surface area contributed by atoms with Gasteiger partial charge in [0.1, 0.15) is 0 Å². The maximum Gasteiger partial charge on any atom is 0.489 e. The molecule has 2 N–H and O–H groups in total. The Morgan fingerprint density at radius 1 is 0.682 bits per heavy atom. The van der Waals surface area contributed by atoms with Crippen molar-refractivity contribution in [3.05, 3.63) is 66.7 Å². The molecule has 0 saturated carbocycles. The fourth-order valence-electron chi connectivity index (χ4n) is 2.93. The maximum absolute atomic E-state index is 9.64. The SMILES string of the molecule is OB(O)c1ccccc1-c1cccc2c1sc1ccccc12. The summed E-state index contributed by atoms with van der Waals surface area (Å²) in [5.74, 6) is 0. The van der Waals surface area contributed by atoms with Crippen LogP contribution >= 0.6 is 11.3 Å². The van der Waals surface area contributed by atoms with E-state index in [9.17, 15) is 10.0 Å². The third-order valence-electron chi connectivity index (χ3n) is 3.93.